The summed E-state index contributed by atoms with van der Waals surface area (Å²) in [6.45, 7) is 4.34. The lowest BCUT2D eigenvalue weighted by atomic mass is 9.95. The maximum atomic E-state index is 12.0. The van der Waals surface area contributed by atoms with E-state index in [0.717, 1.165) is 13.8 Å². The van der Waals surface area contributed by atoms with Gasteiger partial charge in [0.05, 0.1) is 18.8 Å². The minimum atomic E-state index is -1.74. The minimum absolute atomic E-state index is 0.606. The molecule has 0 spiro atoms. The van der Waals surface area contributed by atoms with Crippen LogP contribution >= 0.6 is 0 Å². The van der Waals surface area contributed by atoms with Crippen molar-refractivity contribution in [2.24, 2.45) is 0 Å². The zero-order valence-electron chi connectivity index (χ0n) is 21.3. The lowest BCUT2D eigenvalue weighted by molar-refractivity contribution is -0.368. The molecule has 3 rings (SSSR count). The number of hydrogen-bond acceptors (Lipinski definition) is 15. The lowest BCUT2D eigenvalue weighted by Crippen LogP contribution is -2.68. The number of esters is 1. The number of rotatable bonds is 7. The molecule has 220 valence electrons. The predicted octanol–water partition coefficient (Wildman–Crippen LogP) is -4.80. The number of ether oxygens (including phenoxy) is 6. The number of carbonyl (C=O) groups excluding carboxylic acids is 2. The second kappa shape index (κ2) is 12.8. The van der Waals surface area contributed by atoms with Crippen LogP contribution in [0, 0.1) is 0 Å². The molecule has 0 aromatic heterocycles. The van der Waals surface area contributed by atoms with Crippen LogP contribution in [-0.2, 0) is 38.0 Å². The molecule has 0 aliphatic carbocycles. The predicted molar refractivity (Wildman–Crippen MR) is 120 cm³/mol. The summed E-state index contributed by atoms with van der Waals surface area (Å²) in [7, 11) is 0. The Balaban J connectivity index is 1.91. The van der Waals surface area contributed by atoms with Gasteiger partial charge in [-0.2, -0.15) is 0 Å². The molecule has 9 unspecified atom stereocenters. The summed E-state index contributed by atoms with van der Waals surface area (Å²) in [6, 6.07) is -1.35. The van der Waals surface area contributed by atoms with Crippen LogP contribution in [0.15, 0.2) is 0 Å². The molecular weight excluding hydrogens is 518 g/mol. The summed E-state index contributed by atoms with van der Waals surface area (Å²) in [6.07, 6.45) is -20.7. The average molecular weight is 556 g/mol. The Labute approximate surface area is 217 Å². The highest BCUT2D eigenvalue weighted by atomic mass is 16.8. The van der Waals surface area contributed by atoms with E-state index >= 15 is 0 Å². The van der Waals surface area contributed by atoms with Crippen molar-refractivity contribution in [1.82, 2.24) is 5.32 Å². The fourth-order valence-corrected chi connectivity index (χ4v) is 4.64. The highest BCUT2D eigenvalue weighted by Gasteiger charge is 2.54. The van der Waals surface area contributed by atoms with Crippen LogP contribution in [0.5, 0.6) is 0 Å². The SMILES string of the molecule is CC(=O)NC1C(O[C@@H]2OC(C)[C@H](O)C(O[C@@H]3OC(C)[C@H](O)C(O)C3O)C2OC(C)=O)[C@H](O)C(CO)O[C@H]1O. The minimum Gasteiger partial charge on any atom is -0.454 e. The molecule has 15 atom stereocenters. The van der Waals surface area contributed by atoms with Crippen molar-refractivity contribution in [2.45, 2.75) is 120 Å². The van der Waals surface area contributed by atoms with Crippen LogP contribution in [0.1, 0.15) is 27.7 Å². The molecular formula is C22H37NO15. The molecule has 16 heteroatoms. The van der Waals surface area contributed by atoms with Gasteiger partial charge in [-0.05, 0) is 13.8 Å². The first kappa shape index (κ1) is 31.0. The normalized spacial score (nSPS) is 47.8. The Hall–Kier alpha value is -1.54. The van der Waals surface area contributed by atoms with Gasteiger partial charge in [-0.3, -0.25) is 9.59 Å². The van der Waals surface area contributed by atoms with Crippen LogP contribution in [0.3, 0.4) is 0 Å². The monoisotopic (exact) mass is 555 g/mol. The largest absolute Gasteiger partial charge is 0.454 e. The van der Waals surface area contributed by atoms with Gasteiger partial charge < -0.3 is 69.5 Å². The Morgan fingerprint density at radius 3 is 1.89 bits per heavy atom. The fourth-order valence-electron chi connectivity index (χ4n) is 4.64. The molecule has 8 N–H and O–H groups in total. The van der Waals surface area contributed by atoms with E-state index in [2.05, 4.69) is 5.32 Å². The van der Waals surface area contributed by atoms with E-state index < -0.39 is 111 Å². The van der Waals surface area contributed by atoms with E-state index in [1.165, 1.54) is 13.8 Å². The highest BCUT2D eigenvalue weighted by molar-refractivity contribution is 5.73. The van der Waals surface area contributed by atoms with Crippen molar-refractivity contribution in [3.05, 3.63) is 0 Å². The van der Waals surface area contributed by atoms with Crippen LogP contribution in [0.4, 0.5) is 0 Å². The van der Waals surface area contributed by atoms with Crippen LogP contribution in [0.25, 0.3) is 0 Å². The summed E-state index contributed by atoms with van der Waals surface area (Å²) < 4.78 is 33.3. The zero-order valence-corrected chi connectivity index (χ0v) is 21.3. The molecule has 0 radical (unpaired) electrons. The van der Waals surface area contributed by atoms with Crippen molar-refractivity contribution in [3.8, 4) is 0 Å². The van der Waals surface area contributed by atoms with Gasteiger partial charge in [-0.1, -0.05) is 0 Å². The van der Waals surface area contributed by atoms with Crippen molar-refractivity contribution >= 4 is 11.9 Å². The van der Waals surface area contributed by atoms with Crippen LogP contribution in [0.2, 0.25) is 0 Å². The zero-order chi connectivity index (χ0) is 28.5. The third-order valence-corrected chi connectivity index (χ3v) is 6.69. The topological polar surface area (TPSA) is 243 Å². The smallest absolute Gasteiger partial charge is 0.303 e. The summed E-state index contributed by atoms with van der Waals surface area (Å²) >= 11 is 0. The van der Waals surface area contributed by atoms with Gasteiger partial charge in [0, 0.05) is 13.8 Å². The molecule has 3 saturated heterocycles. The fraction of sp³-hybridized carbons (Fsp3) is 0.909. The molecule has 3 fully saturated rings. The van der Waals surface area contributed by atoms with Gasteiger partial charge in [-0.15, -0.1) is 0 Å². The van der Waals surface area contributed by atoms with Crippen LogP contribution < -0.4 is 5.32 Å². The molecule has 38 heavy (non-hydrogen) atoms. The number of carbonyl (C=O) groups is 2. The van der Waals surface area contributed by atoms with E-state index in [1.807, 2.05) is 0 Å². The lowest BCUT2D eigenvalue weighted by Gasteiger charge is -2.48. The Morgan fingerprint density at radius 1 is 0.737 bits per heavy atom. The molecule has 3 aliphatic heterocycles. The standard InChI is InChI=1S/C22H37NO15/c1-6-12(27)15(30)16(31)21(33-6)38-18-13(28)7(2)34-22(19(18)35-9(4)26)37-17-11(23-8(3)25)20(32)36-10(5-24)14(17)29/h6-7,10-22,24,27-32H,5H2,1-4H3,(H,23,25)/t6?,7?,10?,11?,12-,13-,14+,15?,16?,17?,18?,19?,20+,21-,22-/m0/s1. The molecule has 16 nitrogen and oxygen atoms in total. The van der Waals surface area contributed by atoms with E-state index in [1.54, 1.807) is 0 Å². The Kier molecular flexibility index (Phi) is 10.4. The molecule has 3 heterocycles. The van der Waals surface area contributed by atoms with Gasteiger partial charge in [-0.25, -0.2) is 0 Å². The van der Waals surface area contributed by atoms with Gasteiger partial charge in [0.2, 0.25) is 5.91 Å². The van der Waals surface area contributed by atoms with Crippen LogP contribution in [-0.4, -0.2) is 146 Å². The number of aliphatic hydroxyl groups excluding tert-OH is 7. The summed E-state index contributed by atoms with van der Waals surface area (Å²) in [5.41, 5.74) is 0. The molecule has 0 saturated carbocycles. The average Bonchev–Trinajstić information content (AvgIpc) is 2.84. The van der Waals surface area contributed by atoms with E-state index in [9.17, 15) is 45.3 Å². The quantitative estimate of drug-likeness (QED) is 0.137. The molecule has 1 amide bonds. The number of nitrogens with one attached hydrogen (secondary N) is 1. The number of amides is 1. The molecule has 0 aromatic rings. The number of aliphatic hydroxyl groups is 7. The van der Waals surface area contributed by atoms with Crippen molar-refractivity contribution in [1.29, 1.82) is 0 Å². The first-order valence-electron chi connectivity index (χ1n) is 12.2. The maximum absolute atomic E-state index is 12.0. The Bertz CT molecular complexity index is 818. The third-order valence-electron chi connectivity index (χ3n) is 6.69. The Morgan fingerprint density at radius 2 is 1.32 bits per heavy atom. The van der Waals surface area contributed by atoms with Gasteiger partial charge in [0.15, 0.2) is 25.0 Å². The maximum Gasteiger partial charge on any atom is 0.303 e. The van der Waals surface area contributed by atoms with Gasteiger partial charge in [0.1, 0.15) is 54.9 Å². The second-order valence-corrected chi connectivity index (χ2v) is 9.62. The summed E-state index contributed by atoms with van der Waals surface area (Å²) in [5, 5.41) is 74.4. The summed E-state index contributed by atoms with van der Waals surface area (Å²) in [5.74, 6) is -1.46. The van der Waals surface area contributed by atoms with E-state index in [4.69, 9.17) is 28.4 Å². The second-order valence-electron chi connectivity index (χ2n) is 9.62. The van der Waals surface area contributed by atoms with Crippen molar-refractivity contribution in [2.75, 3.05) is 6.61 Å². The van der Waals surface area contributed by atoms with Gasteiger partial charge in [0.25, 0.3) is 0 Å². The summed E-state index contributed by atoms with van der Waals surface area (Å²) in [4.78, 5) is 23.7. The highest BCUT2D eigenvalue weighted by Crippen LogP contribution is 2.33. The third kappa shape index (κ3) is 6.60. The molecule has 0 aromatic carbocycles. The van der Waals surface area contributed by atoms with Gasteiger partial charge >= 0.3 is 5.97 Å². The first-order chi connectivity index (χ1) is 17.8. The van der Waals surface area contributed by atoms with E-state index in [0.29, 0.717) is 0 Å². The molecule has 0 bridgehead atoms. The van der Waals surface area contributed by atoms with E-state index in [-0.39, 0.29) is 0 Å². The molecule has 3 aliphatic rings. The first-order valence-corrected chi connectivity index (χ1v) is 12.2. The number of hydrogen-bond donors (Lipinski definition) is 8. The van der Waals surface area contributed by atoms with Crippen molar-refractivity contribution in [3.63, 3.8) is 0 Å². The van der Waals surface area contributed by atoms with Crippen molar-refractivity contribution < 1.29 is 73.8 Å².